The van der Waals surface area contributed by atoms with Gasteiger partial charge < -0.3 is 0 Å². The summed E-state index contributed by atoms with van der Waals surface area (Å²) in [7, 11) is -3.74. The number of sulfone groups is 1. The quantitative estimate of drug-likeness (QED) is 0.366. The highest BCUT2D eigenvalue weighted by atomic mass is 35.5. The second-order valence-electron chi connectivity index (χ2n) is 6.97. The maximum Gasteiger partial charge on any atom is 0.207 e. The predicted octanol–water partition coefficient (Wildman–Crippen LogP) is 8.06. The molecule has 156 valence electrons. The van der Waals surface area contributed by atoms with Gasteiger partial charge in [-0.2, -0.15) is 0 Å². The number of halogens is 2. The van der Waals surface area contributed by atoms with Gasteiger partial charge in [0.15, 0.2) is 0 Å². The number of benzene rings is 2. The summed E-state index contributed by atoms with van der Waals surface area (Å²) in [6, 6.07) is 13.9. The van der Waals surface area contributed by atoms with Gasteiger partial charge in [-0.1, -0.05) is 86.3 Å². The van der Waals surface area contributed by atoms with Gasteiger partial charge in [0, 0.05) is 10.1 Å². The van der Waals surface area contributed by atoms with Crippen molar-refractivity contribution in [1.29, 1.82) is 0 Å². The van der Waals surface area contributed by atoms with Crippen LogP contribution in [0.25, 0.3) is 12.2 Å². The van der Waals surface area contributed by atoms with Gasteiger partial charge >= 0.3 is 0 Å². The first-order chi connectivity index (χ1) is 13.9. The summed E-state index contributed by atoms with van der Waals surface area (Å²) >= 11 is 12.7. The number of rotatable bonds is 10. The third-order valence-corrected chi connectivity index (χ3v) is 7.08. The number of hydrogen-bond donors (Lipinski definition) is 0. The van der Waals surface area contributed by atoms with E-state index in [-0.39, 0.29) is 9.79 Å². The molecule has 0 aliphatic rings. The van der Waals surface area contributed by atoms with E-state index in [2.05, 4.69) is 13.8 Å². The third kappa shape index (κ3) is 6.74. The van der Waals surface area contributed by atoms with Crippen LogP contribution in [0.2, 0.25) is 0 Å². The fourth-order valence-electron chi connectivity index (χ4n) is 2.98. The highest BCUT2D eigenvalue weighted by Crippen LogP contribution is 2.31. The van der Waals surface area contributed by atoms with Crippen LogP contribution in [0.3, 0.4) is 0 Å². The van der Waals surface area contributed by atoms with Crippen LogP contribution in [0.15, 0.2) is 68.4 Å². The first-order valence-electron chi connectivity index (χ1n) is 10.1. The molecule has 0 unspecified atom stereocenters. The van der Waals surface area contributed by atoms with E-state index in [4.69, 9.17) is 23.2 Å². The second kappa shape index (κ2) is 11.6. The lowest BCUT2D eigenvalue weighted by atomic mass is 10.1. The van der Waals surface area contributed by atoms with E-state index in [9.17, 15) is 8.42 Å². The average molecular weight is 451 g/mol. The molecule has 0 saturated heterocycles. The molecule has 2 rings (SSSR count). The third-order valence-electron chi connectivity index (χ3n) is 4.58. The number of unbranched alkanes of at least 4 members (excludes halogenated alkanes) is 2. The minimum Gasteiger partial charge on any atom is -0.218 e. The van der Waals surface area contributed by atoms with Crippen molar-refractivity contribution in [3.05, 3.63) is 69.7 Å². The molecule has 2 nitrogen and oxygen atoms in total. The summed E-state index contributed by atoms with van der Waals surface area (Å²) in [6.07, 6.45) is 8.98. The van der Waals surface area contributed by atoms with E-state index in [0.717, 1.165) is 38.5 Å². The van der Waals surface area contributed by atoms with Gasteiger partial charge in [-0.25, -0.2) is 8.42 Å². The highest BCUT2D eigenvalue weighted by molar-refractivity contribution is 7.91. The first-order valence-corrected chi connectivity index (χ1v) is 12.3. The van der Waals surface area contributed by atoms with Crippen molar-refractivity contribution in [2.75, 3.05) is 0 Å². The maximum absolute atomic E-state index is 13.5. The van der Waals surface area contributed by atoms with Crippen molar-refractivity contribution in [3.8, 4) is 0 Å². The average Bonchev–Trinajstić information content (AvgIpc) is 2.71. The predicted molar refractivity (Wildman–Crippen MR) is 125 cm³/mol. The maximum atomic E-state index is 13.5. The van der Waals surface area contributed by atoms with Crippen LogP contribution in [0.5, 0.6) is 0 Å². The van der Waals surface area contributed by atoms with Crippen LogP contribution in [0.1, 0.15) is 63.5 Å². The Bertz CT molecular complexity index is 902. The summed E-state index contributed by atoms with van der Waals surface area (Å²) in [4.78, 5) is 0.500. The summed E-state index contributed by atoms with van der Waals surface area (Å²) in [6.45, 7) is 4.19. The standard InChI is InChI=1S/C24H28Cl2O2S/c1-3-5-13-21(25)17-19-11-7-9-15-23(19)29(27,28)24-16-10-8-12-20(24)18-22(26)14-6-4-2/h7-12,15-18H,3-6,13-14H2,1-2H3. The van der Waals surface area contributed by atoms with E-state index >= 15 is 0 Å². The number of allylic oxidation sites excluding steroid dienone is 2. The molecule has 0 aromatic heterocycles. The molecule has 0 saturated carbocycles. The zero-order valence-corrected chi connectivity index (χ0v) is 19.3. The SMILES string of the molecule is CCCCC(Cl)=Cc1ccccc1S(=O)(=O)c1ccccc1C=C(Cl)CCCC. The van der Waals surface area contributed by atoms with E-state index < -0.39 is 9.84 Å². The number of hydrogen-bond acceptors (Lipinski definition) is 2. The molecule has 0 atom stereocenters. The molecule has 0 aliphatic heterocycles. The van der Waals surface area contributed by atoms with Crippen LogP contribution in [-0.4, -0.2) is 8.42 Å². The molecule has 0 N–H and O–H groups in total. The highest BCUT2D eigenvalue weighted by Gasteiger charge is 2.23. The van der Waals surface area contributed by atoms with Gasteiger partial charge in [-0.15, -0.1) is 0 Å². The minimum absolute atomic E-state index is 0.250. The van der Waals surface area contributed by atoms with E-state index in [1.165, 1.54) is 0 Å². The Morgan fingerprint density at radius 1 is 0.759 bits per heavy atom. The van der Waals surface area contributed by atoms with Crippen molar-refractivity contribution in [1.82, 2.24) is 0 Å². The Kier molecular flexibility index (Phi) is 9.48. The smallest absolute Gasteiger partial charge is 0.207 e. The largest absolute Gasteiger partial charge is 0.218 e. The Labute approximate surface area is 185 Å². The van der Waals surface area contributed by atoms with Crippen molar-refractivity contribution in [2.24, 2.45) is 0 Å². The molecule has 2 aromatic rings. The van der Waals surface area contributed by atoms with E-state index in [1.54, 1.807) is 48.6 Å². The minimum atomic E-state index is -3.74. The fourth-order valence-corrected chi connectivity index (χ4v) is 5.11. The van der Waals surface area contributed by atoms with E-state index in [1.807, 2.05) is 12.1 Å². The molecular formula is C24H28Cl2O2S. The summed E-state index contributed by atoms with van der Waals surface area (Å²) in [5, 5.41) is 1.32. The van der Waals surface area contributed by atoms with Gasteiger partial charge in [-0.05, 0) is 61.1 Å². The molecule has 0 spiro atoms. The van der Waals surface area contributed by atoms with Crippen molar-refractivity contribution < 1.29 is 8.42 Å². The summed E-state index contributed by atoms with van der Waals surface area (Å²) in [5.74, 6) is 0. The Balaban J connectivity index is 2.50. The lowest BCUT2D eigenvalue weighted by Gasteiger charge is -2.12. The van der Waals surface area contributed by atoms with Crippen molar-refractivity contribution in [3.63, 3.8) is 0 Å². The van der Waals surface area contributed by atoms with Gasteiger partial charge in [0.1, 0.15) is 0 Å². The van der Waals surface area contributed by atoms with Gasteiger partial charge in [0.2, 0.25) is 9.84 Å². The second-order valence-corrected chi connectivity index (χ2v) is 9.83. The zero-order chi connectivity index (χ0) is 21.3. The molecule has 0 fully saturated rings. The Morgan fingerprint density at radius 3 is 1.52 bits per heavy atom. The lowest BCUT2D eigenvalue weighted by Crippen LogP contribution is -2.06. The van der Waals surface area contributed by atoms with Crippen molar-refractivity contribution >= 4 is 45.2 Å². The Morgan fingerprint density at radius 2 is 1.14 bits per heavy atom. The fraction of sp³-hybridized carbons (Fsp3) is 0.333. The van der Waals surface area contributed by atoms with E-state index in [0.29, 0.717) is 21.2 Å². The van der Waals surface area contributed by atoms with Gasteiger partial charge in [0.05, 0.1) is 9.79 Å². The molecule has 29 heavy (non-hydrogen) atoms. The molecule has 0 amide bonds. The molecule has 0 heterocycles. The first kappa shape index (κ1) is 23.7. The molecule has 2 aromatic carbocycles. The zero-order valence-electron chi connectivity index (χ0n) is 17.0. The van der Waals surface area contributed by atoms with Gasteiger partial charge in [-0.3, -0.25) is 0 Å². The van der Waals surface area contributed by atoms with Crippen LogP contribution < -0.4 is 0 Å². The van der Waals surface area contributed by atoms with Crippen LogP contribution in [0, 0.1) is 0 Å². The van der Waals surface area contributed by atoms with Crippen molar-refractivity contribution in [2.45, 2.75) is 62.2 Å². The van der Waals surface area contributed by atoms with Gasteiger partial charge in [0.25, 0.3) is 0 Å². The summed E-state index contributed by atoms with van der Waals surface area (Å²) in [5.41, 5.74) is 1.20. The Hall–Kier alpha value is -1.55. The molecule has 5 heteroatoms. The molecule has 0 radical (unpaired) electrons. The molecule has 0 aliphatic carbocycles. The molecule has 0 bridgehead atoms. The topological polar surface area (TPSA) is 34.1 Å². The van der Waals surface area contributed by atoms with Crippen LogP contribution in [0.4, 0.5) is 0 Å². The van der Waals surface area contributed by atoms with Crippen LogP contribution >= 0.6 is 23.2 Å². The summed E-state index contributed by atoms with van der Waals surface area (Å²) < 4.78 is 27.0. The lowest BCUT2D eigenvalue weighted by molar-refractivity contribution is 0.595. The monoisotopic (exact) mass is 450 g/mol. The molecular weight excluding hydrogens is 423 g/mol. The normalized spacial score (nSPS) is 13.0. The van der Waals surface area contributed by atoms with Crippen LogP contribution in [-0.2, 0) is 9.84 Å².